The highest BCUT2D eigenvalue weighted by Gasteiger charge is 2.30. The van der Waals surface area contributed by atoms with Gasteiger partial charge in [0.05, 0.1) is 11.3 Å². The Bertz CT molecular complexity index is 1040. The summed E-state index contributed by atoms with van der Waals surface area (Å²) < 4.78 is 38.7. The number of hydrogen-bond acceptors (Lipinski definition) is 6. The van der Waals surface area contributed by atoms with E-state index in [2.05, 4.69) is 20.6 Å². The minimum absolute atomic E-state index is 0.00123. The third-order valence-electron chi connectivity index (χ3n) is 4.11. The second kappa shape index (κ2) is 10.8. The third-order valence-corrected chi connectivity index (χ3v) is 4.11. The number of hydrogen-bond donors (Lipinski definition) is 1. The summed E-state index contributed by atoms with van der Waals surface area (Å²) in [6.45, 7) is 1.55. The van der Waals surface area contributed by atoms with Gasteiger partial charge < -0.3 is 9.68 Å². The first-order valence-corrected chi connectivity index (χ1v) is 8.97. The van der Waals surface area contributed by atoms with E-state index in [1.54, 1.807) is 37.4 Å². The van der Waals surface area contributed by atoms with Gasteiger partial charge in [0.15, 0.2) is 17.7 Å². The van der Waals surface area contributed by atoms with E-state index in [4.69, 9.17) is 14.9 Å². The standard InChI is InChI=1S/C21H20F3N5O2/c1-14(15-8-6-9-17(11-15)21(22,23)24)28-31-12-16-7-4-5-10-18(16)19(29-30-3)20(26-2)27-13-25/h4-11H,12H2,1-3H3,(H,26,27)/b28-14?,29-19+. The predicted octanol–water partition coefficient (Wildman–Crippen LogP) is 4.10. The number of rotatable bonds is 7. The fraction of sp³-hybridized carbons (Fsp3) is 0.238. The van der Waals surface area contributed by atoms with E-state index < -0.39 is 11.7 Å². The van der Waals surface area contributed by atoms with Gasteiger partial charge in [-0.05, 0) is 24.6 Å². The average Bonchev–Trinajstić information content (AvgIpc) is 2.76. The molecule has 0 spiro atoms. The molecule has 2 aromatic carbocycles. The highest BCUT2D eigenvalue weighted by atomic mass is 19.4. The quantitative estimate of drug-likeness (QED) is 0.235. The van der Waals surface area contributed by atoms with Crippen molar-refractivity contribution in [3.63, 3.8) is 0 Å². The van der Waals surface area contributed by atoms with E-state index in [9.17, 15) is 13.2 Å². The molecule has 7 nitrogen and oxygen atoms in total. The predicted molar refractivity (Wildman–Crippen MR) is 111 cm³/mol. The highest BCUT2D eigenvalue weighted by molar-refractivity contribution is 6.48. The van der Waals surface area contributed by atoms with Crippen LogP contribution in [0.15, 0.2) is 63.8 Å². The first-order valence-electron chi connectivity index (χ1n) is 8.97. The van der Waals surface area contributed by atoms with E-state index in [0.717, 1.165) is 12.1 Å². The van der Waals surface area contributed by atoms with Crippen LogP contribution in [-0.4, -0.2) is 31.4 Å². The number of benzene rings is 2. The largest absolute Gasteiger partial charge is 0.416 e. The second-order valence-corrected chi connectivity index (χ2v) is 6.12. The van der Waals surface area contributed by atoms with Crippen LogP contribution in [0.25, 0.3) is 0 Å². The van der Waals surface area contributed by atoms with Crippen molar-refractivity contribution in [2.24, 2.45) is 15.3 Å². The third kappa shape index (κ3) is 6.30. The van der Waals surface area contributed by atoms with Crippen molar-refractivity contribution in [1.29, 1.82) is 5.26 Å². The van der Waals surface area contributed by atoms with E-state index in [1.165, 1.54) is 26.3 Å². The van der Waals surface area contributed by atoms with E-state index in [1.807, 2.05) is 0 Å². The Kier molecular flexibility index (Phi) is 8.14. The lowest BCUT2D eigenvalue weighted by atomic mass is 10.0. The average molecular weight is 431 g/mol. The smallest absolute Gasteiger partial charge is 0.399 e. The topological polar surface area (TPSA) is 91.4 Å². The Morgan fingerprint density at radius 1 is 1.13 bits per heavy atom. The number of alkyl halides is 3. The summed E-state index contributed by atoms with van der Waals surface area (Å²) >= 11 is 0. The summed E-state index contributed by atoms with van der Waals surface area (Å²) in [4.78, 5) is 14.3. The SMILES string of the molecule is CN=C(NC#N)/C(=N/OC)c1ccccc1CON=C(C)c1cccc(C(F)(F)F)c1. The molecule has 0 aliphatic rings. The Morgan fingerprint density at radius 2 is 1.87 bits per heavy atom. The van der Waals surface area contributed by atoms with Gasteiger partial charge in [0, 0.05) is 18.2 Å². The van der Waals surface area contributed by atoms with Gasteiger partial charge in [-0.25, -0.2) is 0 Å². The maximum atomic E-state index is 12.9. The van der Waals surface area contributed by atoms with Gasteiger partial charge >= 0.3 is 6.18 Å². The van der Waals surface area contributed by atoms with Crippen LogP contribution >= 0.6 is 0 Å². The summed E-state index contributed by atoms with van der Waals surface area (Å²) in [6, 6.07) is 11.9. The molecule has 0 bridgehead atoms. The maximum Gasteiger partial charge on any atom is 0.416 e. The molecule has 0 radical (unpaired) electrons. The van der Waals surface area contributed by atoms with Crippen molar-refractivity contribution in [1.82, 2.24) is 5.32 Å². The molecule has 0 saturated carbocycles. The Hall–Kier alpha value is -3.87. The summed E-state index contributed by atoms with van der Waals surface area (Å²) in [5.41, 5.74) is 1.34. The van der Waals surface area contributed by atoms with Crippen molar-refractivity contribution in [2.45, 2.75) is 19.7 Å². The van der Waals surface area contributed by atoms with Crippen molar-refractivity contribution in [3.8, 4) is 6.19 Å². The maximum absolute atomic E-state index is 12.9. The Labute approximate surface area is 177 Å². The zero-order chi connectivity index (χ0) is 22.9. The number of nitriles is 1. The zero-order valence-corrected chi connectivity index (χ0v) is 17.1. The van der Waals surface area contributed by atoms with Gasteiger partial charge in [0.2, 0.25) is 0 Å². The minimum atomic E-state index is -4.44. The number of amidine groups is 1. The summed E-state index contributed by atoms with van der Waals surface area (Å²) in [6.07, 6.45) is -2.65. The first-order chi connectivity index (χ1) is 14.8. The zero-order valence-electron chi connectivity index (χ0n) is 17.1. The first kappa shape index (κ1) is 23.4. The lowest BCUT2D eigenvalue weighted by Crippen LogP contribution is -2.29. The van der Waals surface area contributed by atoms with Gasteiger partial charge in [0.25, 0.3) is 0 Å². The summed E-state index contributed by atoms with van der Waals surface area (Å²) in [7, 11) is 2.86. The van der Waals surface area contributed by atoms with Crippen LogP contribution in [0.2, 0.25) is 0 Å². The van der Waals surface area contributed by atoms with E-state index in [-0.39, 0.29) is 23.9 Å². The molecule has 10 heteroatoms. The van der Waals surface area contributed by atoms with Crippen molar-refractivity contribution in [2.75, 3.05) is 14.2 Å². The molecule has 0 atom stereocenters. The normalized spacial score (nSPS) is 12.9. The van der Waals surface area contributed by atoms with Crippen LogP contribution in [0, 0.1) is 11.5 Å². The molecule has 0 amide bonds. The van der Waals surface area contributed by atoms with Crippen LogP contribution < -0.4 is 5.32 Å². The lowest BCUT2D eigenvalue weighted by Gasteiger charge is -2.12. The molecule has 0 aromatic heterocycles. The van der Waals surface area contributed by atoms with Crippen molar-refractivity contribution >= 4 is 17.3 Å². The van der Waals surface area contributed by atoms with Crippen LogP contribution in [0.5, 0.6) is 0 Å². The van der Waals surface area contributed by atoms with Crippen molar-refractivity contribution in [3.05, 3.63) is 70.8 Å². The molecule has 31 heavy (non-hydrogen) atoms. The summed E-state index contributed by atoms with van der Waals surface area (Å²) in [5.74, 6) is 0.195. The van der Waals surface area contributed by atoms with Crippen LogP contribution in [0.3, 0.4) is 0 Å². The molecular formula is C21H20F3N5O2. The van der Waals surface area contributed by atoms with Gasteiger partial charge in [-0.1, -0.05) is 46.7 Å². The Balaban J connectivity index is 2.26. The monoisotopic (exact) mass is 431 g/mol. The van der Waals surface area contributed by atoms with E-state index in [0.29, 0.717) is 16.7 Å². The molecule has 0 aliphatic heterocycles. The highest BCUT2D eigenvalue weighted by Crippen LogP contribution is 2.29. The number of nitrogens with one attached hydrogen (secondary N) is 1. The molecule has 0 saturated heterocycles. The summed E-state index contributed by atoms with van der Waals surface area (Å²) in [5, 5.41) is 19.3. The van der Waals surface area contributed by atoms with Gasteiger partial charge in [0.1, 0.15) is 13.7 Å². The van der Waals surface area contributed by atoms with Gasteiger partial charge in [-0.3, -0.25) is 10.3 Å². The molecule has 0 heterocycles. The molecule has 0 fully saturated rings. The molecule has 2 aromatic rings. The number of oxime groups is 2. The fourth-order valence-electron chi connectivity index (χ4n) is 2.63. The van der Waals surface area contributed by atoms with Crippen LogP contribution in [-0.2, 0) is 22.5 Å². The van der Waals surface area contributed by atoms with Crippen LogP contribution in [0.4, 0.5) is 13.2 Å². The van der Waals surface area contributed by atoms with Gasteiger partial charge in [-0.15, -0.1) is 0 Å². The molecule has 0 unspecified atom stereocenters. The van der Waals surface area contributed by atoms with Crippen molar-refractivity contribution < 1.29 is 22.8 Å². The number of halogens is 3. The van der Waals surface area contributed by atoms with Crippen LogP contribution in [0.1, 0.15) is 29.2 Å². The fourth-order valence-corrected chi connectivity index (χ4v) is 2.63. The molecule has 2 rings (SSSR count). The Morgan fingerprint density at radius 3 is 2.52 bits per heavy atom. The molecule has 1 N–H and O–H groups in total. The molecule has 162 valence electrons. The lowest BCUT2D eigenvalue weighted by molar-refractivity contribution is -0.137. The number of aliphatic imine (C=N–C) groups is 1. The molecular weight excluding hydrogens is 411 g/mol. The second-order valence-electron chi connectivity index (χ2n) is 6.12. The van der Waals surface area contributed by atoms with Gasteiger partial charge in [-0.2, -0.15) is 18.4 Å². The number of nitrogens with zero attached hydrogens (tertiary/aromatic N) is 4. The van der Waals surface area contributed by atoms with E-state index >= 15 is 0 Å². The molecule has 0 aliphatic carbocycles. The minimum Gasteiger partial charge on any atom is -0.399 e.